The van der Waals surface area contributed by atoms with Crippen LogP contribution >= 0.6 is 0 Å². The lowest BCUT2D eigenvalue weighted by atomic mass is 9.94. The van der Waals surface area contributed by atoms with Crippen LogP contribution in [0.2, 0.25) is 0 Å². The average molecular weight is 489 g/mol. The molecule has 1 aromatic heterocycles. The summed E-state index contributed by atoms with van der Waals surface area (Å²) in [5, 5.41) is 7.30. The molecule has 0 spiro atoms. The van der Waals surface area contributed by atoms with Crippen LogP contribution in [0.3, 0.4) is 0 Å². The molecular weight excluding hydrogens is 456 g/mol. The highest BCUT2D eigenvalue weighted by atomic mass is 16.5. The van der Waals surface area contributed by atoms with Crippen molar-refractivity contribution < 1.29 is 19.1 Å². The number of aryl methyl sites for hydroxylation is 2. The van der Waals surface area contributed by atoms with E-state index in [0.717, 1.165) is 17.5 Å². The van der Waals surface area contributed by atoms with Crippen molar-refractivity contribution in [1.82, 2.24) is 20.0 Å². The van der Waals surface area contributed by atoms with Crippen molar-refractivity contribution in [2.24, 2.45) is 0 Å². The van der Waals surface area contributed by atoms with E-state index < -0.39 is 11.5 Å². The van der Waals surface area contributed by atoms with E-state index in [0.29, 0.717) is 19.5 Å². The minimum atomic E-state index is -1.18. The maximum absolute atomic E-state index is 13.6. The Labute approximate surface area is 211 Å². The second kappa shape index (κ2) is 10.8. The van der Waals surface area contributed by atoms with Crippen LogP contribution in [0.5, 0.6) is 0 Å². The molecular formula is C28H32N4O4. The molecule has 0 saturated heterocycles. The molecule has 2 aromatic carbocycles. The zero-order valence-electron chi connectivity index (χ0n) is 21.0. The third-order valence-corrected chi connectivity index (χ3v) is 6.54. The van der Waals surface area contributed by atoms with Gasteiger partial charge in [-0.15, -0.1) is 0 Å². The van der Waals surface area contributed by atoms with E-state index in [2.05, 4.69) is 10.4 Å². The maximum atomic E-state index is 13.6. The number of rotatable bonds is 9. The highest BCUT2D eigenvalue weighted by Gasteiger charge is 2.47. The molecule has 0 unspecified atom stereocenters. The van der Waals surface area contributed by atoms with E-state index in [1.165, 1.54) is 16.3 Å². The zero-order valence-corrected chi connectivity index (χ0v) is 21.0. The molecule has 1 N–H and O–H groups in total. The highest BCUT2D eigenvalue weighted by molar-refractivity contribution is 6.01. The maximum Gasteiger partial charge on any atom is 0.358 e. The zero-order chi connectivity index (χ0) is 25.7. The molecule has 1 aliphatic rings. The lowest BCUT2D eigenvalue weighted by Gasteiger charge is -2.43. The quantitative estimate of drug-likeness (QED) is 0.465. The summed E-state index contributed by atoms with van der Waals surface area (Å²) in [4.78, 5) is 41.1. The fraction of sp³-hybridized carbons (Fsp3) is 0.357. The molecule has 0 fully saturated rings. The molecule has 0 radical (unpaired) electrons. The standard InChI is InChI=1S/C28H32N4O4/c1-4-36-26(34)23-17-24-25(33)31(16-8-11-21-9-6-5-7-10-21)28(3,19-32(24)30-23)27(35)29-18-22-14-12-20(2)13-15-22/h5-7,9-10,12-15,17H,4,8,11,16,18-19H2,1-3H3,(H,29,35)/t28-/m0/s1. The van der Waals surface area contributed by atoms with Crippen LogP contribution < -0.4 is 5.32 Å². The number of aromatic nitrogens is 2. The number of amides is 2. The topological polar surface area (TPSA) is 93.5 Å². The van der Waals surface area contributed by atoms with E-state index in [4.69, 9.17) is 4.74 Å². The minimum Gasteiger partial charge on any atom is -0.461 e. The van der Waals surface area contributed by atoms with Gasteiger partial charge in [-0.1, -0.05) is 60.2 Å². The molecule has 188 valence electrons. The summed E-state index contributed by atoms with van der Waals surface area (Å²) in [5.74, 6) is -1.19. The van der Waals surface area contributed by atoms with E-state index in [-0.39, 0.29) is 36.4 Å². The van der Waals surface area contributed by atoms with Crippen LogP contribution in [-0.2, 0) is 29.0 Å². The lowest BCUT2D eigenvalue weighted by Crippen LogP contribution is -2.64. The number of carbonyl (C=O) groups is 3. The fourth-order valence-corrected chi connectivity index (χ4v) is 4.46. The van der Waals surface area contributed by atoms with E-state index in [1.807, 2.05) is 61.5 Å². The normalized spacial score (nSPS) is 17.0. The van der Waals surface area contributed by atoms with Crippen LogP contribution in [0, 0.1) is 6.92 Å². The number of esters is 1. The second-order valence-electron chi connectivity index (χ2n) is 9.28. The molecule has 0 aliphatic carbocycles. The third-order valence-electron chi connectivity index (χ3n) is 6.54. The molecule has 0 bridgehead atoms. The molecule has 8 heteroatoms. The SMILES string of the molecule is CCOC(=O)c1cc2n(n1)C[C@@](C)(C(=O)NCc1ccc(C)cc1)N(CCCc1ccccc1)C2=O. The minimum absolute atomic E-state index is 0.0637. The van der Waals surface area contributed by atoms with Crippen LogP contribution in [0.15, 0.2) is 60.7 Å². The van der Waals surface area contributed by atoms with Gasteiger partial charge in [-0.3, -0.25) is 14.3 Å². The molecule has 1 atom stereocenters. The Hall–Kier alpha value is -3.94. The van der Waals surface area contributed by atoms with Crippen molar-refractivity contribution in [3.63, 3.8) is 0 Å². The van der Waals surface area contributed by atoms with Crippen LogP contribution in [0.4, 0.5) is 0 Å². The summed E-state index contributed by atoms with van der Waals surface area (Å²) in [7, 11) is 0. The van der Waals surface area contributed by atoms with E-state index >= 15 is 0 Å². The summed E-state index contributed by atoms with van der Waals surface area (Å²) >= 11 is 0. The molecule has 2 heterocycles. The number of nitrogens with one attached hydrogen (secondary N) is 1. The van der Waals surface area contributed by atoms with Crippen molar-refractivity contribution in [1.29, 1.82) is 0 Å². The summed E-state index contributed by atoms with van der Waals surface area (Å²) in [6.07, 6.45) is 1.47. The first-order valence-corrected chi connectivity index (χ1v) is 12.3. The first-order valence-electron chi connectivity index (χ1n) is 12.3. The Balaban J connectivity index is 1.57. The van der Waals surface area contributed by atoms with E-state index in [9.17, 15) is 14.4 Å². The molecule has 0 saturated carbocycles. The molecule has 4 rings (SSSR count). The van der Waals surface area contributed by atoms with Gasteiger partial charge in [-0.05, 0) is 44.7 Å². The molecule has 1 aliphatic heterocycles. The Morgan fingerprint density at radius 2 is 1.81 bits per heavy atom. The van der Waals surface area contributed by atoms with Crippen molar-refractivity contribution in [2.75, 3.05) is 13.2 Å². The second-order valence-corrected chi connectivity index (χ2v) is 9.28. The molecule has 3 aromatic rings. The number of benzene rings is 2. The van der Waals surface area contributed by atoms with Gasteiger partial charge < -0.3 is 15.0 Å². The van der Waals surface area contributed by atoms with Gasteiger partial charge in [0, 0.05) is 19.2 Å². The summed E-state index contributed by atoms with van der Waals surface area (Å²) in [6.45, 7) is 6.56. The van der Waals surface area contributed by atoms with Gasteiger partial charge in [0.05, 0.1) is 13.2 Å². The first-order chi connectivity index (χ1) is 17.3. The van der Waals surface area contributed by atoms with Crippen LogP contribution in [0.1, 0.15) is 57.9 Å². The first kappa shape index (κ1) is 25.2. The number of ether oxygens (including phenoxy) is 1. The summed E-state index contributed by atoms with van der Waals surface area (Å²) < 4.78 is 6.51. The van der Waals surface area contributed by atoms with Crippen LogP contribution in [0.25, 0.3) is 0 Å². The van der Waals surface area contributed by atoms with Crippen molar-refractivity contribution >= 4 is 17.8 Å². The third kappa shape index (κ3) is 5.32. The molecule has 36 heavy (non-hydrogen) atoms. The number of carbonyl (C=O) groups excluding carboxylic acids is 3. The Kier molecular flexibility index (Phi) is 7.52. The van der Waals surface area contributed by atoms with Gasteiger partial charge >= 0.3 is 5.97 Å². The number of fused-ring (bicyclic) bond motifs is 1. The van der Waals surface area contributed by atoms with Crippen molar-refractivity contribution in [3.05, 3.63) is 88.7 Å². The average Bonchev–Trinajstić information content (AvgIpc) is 3.30. The van der Waals surface area contributed by atoms with Gasteiger partial charge in [0.25, 0.3) is 5.91 Å². The smallest absolute Gasteiger partial charge is 0.358 e. The number of nitrogens with zero attached hydrogens (tertiary/aromatic N) is 3. The van der Waals surface area contributed by atoms with Crippen molar-refractivity contribution in [2.45, 2.75) is 52.2 Å². The monoisotopic (exact) mass is 488 g/mol. The fourth-order valence-electron chi connectivity index (χ4n) is 4.46. The van der Waals surface area contributed by atoms with Gasteiger partial charge in [0.2, 0.25) is 5.91 Å². The Morgan fingerprint density at radius 1 is 1.08 bits per heavy atom. The molecule has 2 amide bonds. The molecule has 8 nitrogen and oxygen atoms in total. The largest absolute Gasteiger partial charge is 0.461 e. The van der Waals surface area contributed by atoms with E-state index in [1.54, 1.807) is 18.7 Å². The van der Waals surface area contributed by atoms with Gasteiger partial charge in [-0.25, -0.2) is 4.79 Å². The lowest BCUT2D eigenvalue weighted by molar-refractivity contribution is -0.133. The highest BCUT2D eigenvalue weighted by Crippen LogP contribution is 2.28. The van der Waals surface area contributed by atoms with Gasteiger partial charge in [-0.2, -0.15) is 5.10 Å². The Morgan fingerprint density at radius 3 is 2.50 bits per heavy atom. The number of hydrogen-bond donors (Lipinski definition) is 1. The Bertz CT molecular complexity index is 1240. The summed E-state index contributed by atoms with van der Waals surface area (Å²) in [6, 6.07) is 19.4. The number of hydrogen-bond acceptors (Lipinski definition) is 5. The summed E-state index contributed by atoms with van der Waals surface area (Å²) in [5.41, 5.74) is 2.45. The van der Waals surface area contributed by atoms with Crippen molar-refractivity contribution in [3.8, 4) is 0 Å². The van der Waals surface area contributed by atoms with Crippen LogP contribution in [-0.4, -0.2) is 51.2 Å². The van der Waals surface area contributed by atoms with Gasteiger partial charge in [0.1, 0.15) is 11.2 Å². The van der Waals surface area contributed by atoms with Gasteiger partial charge in [0.15, 0.2) is 5.69 Å². The predicted octanol–water partition coefficient (Wildman–Crippen LogP) is 3.53. The predicted molar refractivity (Wildman–Crippen MR) is 135 cm³/mol.